The van der Waals surface area contributed by atoms with Crippen LogP contribution in [0.3, 0.4) is 0 Å². The lowest BCUT2D eigenvalue weighted by Crippen LogP contribution is -2.61. The molecule has 224 valence electrons. The Bertz CT molecular complexity index is 1910. The van der Waals surface area contributed by atoms with Crippen LogP contribution in [0.5, 0.6) is 11.8 Å². The highest BCUT2D eigenvalue weighted by atomic mass is 19.2. The van der Waals surface area contributed by atoms with Crippen molar-refractivity contribution in [1.82, 2.24) is 25.2 Å². The molecule has 0 radical (unpaired) electrons. The van der Waals surface area contributed by atoms with Gasteiger partial charge in [-0.2, -0.15) is 9.97 Å². The van der Waals surface area contributed by atoms with E-state index in [4.69, 9.17) is 8.85 Å². The number of phenols is 1. The number of halogens is 4. The number of benzene rings is 2. The summed E-state index contributed by atoms with van der Waals surface area (Å²) in [5.74, 6) is -3.25. The van der Waals surface area contributed by atoms with Gasteiger partial charge < -0.3 is 20.1 Å². The Balaban J connectivity index is 1.27. The van der Waals surface area contributed by atoms with Gasteiger partial charge >= 0.3 is 6.01 Å². The summed E-state index contributed by atoms with van der Waals surface area (Å²) in [7, 11) is 0. The minimum absolute atomic E-state index is 0.0484. The number of phenolic OH excluding ortho intramolecular Hbond substituents is 1. The standard InChI is InChI=1S/C31H30F4N6O2/c32-17-10-31(6-1-7-40(31)13-17)15-43-30-38-28-22(29(39-30)41-14-18-3-4-19(41)11-36-18)12-37-27(26(28)35)21-9-20(42)8-16-2-5-23(33)25(34)24(16)21/h2,5,8-9,12,17-19,36,42H,1,3-4,6-7,10-11,13-15H2/t17-,18?,19?,31+/m1/s1/i7D2,17D. The highest BCUT2D eigenvalue weighted by Crippen LogP contribution is 2.42. The van der Waals surface area contributed by atoms with Crippen LogP contribution in [0.15, 0.2) is 30.5 Å². The molecule has 2 aromatic heterocycles. The number of rotatable bonds is 5. The Labute approximate surface area is 248 Å². The Morgan fingerprint density at radius 1 is 1.16 bits per heavy atom. The van der Waals surface area contributed by atoms with Gasteiger partial charge in [0.05, 0.1) is 12.3 Å². The van der Waals surface area contributed by atoms with Gasteiger partial charge in [-0.05, 0) is 55.8 Å². The zero-order valence-electron chi connectivity index (χ0n) is 26.0. The zero-order valence-corrected chi connectivity index (χ0v) is 23.0. The van der Waals surface area contributed by atoms with Crippen LogP contribution in [-0.2, 0) is 0 Å². The average molecular weight is 598 g/mol. The number of pyridine rings is 1. The molecule has 5 aliphatic heterocycles. The molecular formula is C31H30F4N6O2. The van der Waals surface area contributed by atoms with Crippen molar-refractivity contribution >= 4 is 27.5 Å². The molecule has 0 amide bonds. The van der Waals surface area contributed by atoms with Gasteiger partial charge in [-0.25, -0.2) is 17.6 Å². The van der Waals surface area contributed by atoms with Crippen LogP contribution in [0, 0.1) is 17.5 Å². The molecule has 4 aromatic rings. The molecule has 4 atom stereocenters. The lowest BCUT2D eigenvalue weighted by atomic mass is 9.93. The number of piperidine rings is 2. The Kier molecular flexibility index (Phi) is 5.44. The molecule has 5 saturated heterocycles. The van der Waals surface area contributed by atoms with Crippen molar-refractivity contribution in [3.63, 3.8) is 0 Å². The van der Waals surface area contributed by atoms with Crippen molar-refractivity contribution in [2.45, 2.75) is 55.9 Å². The lowest BCUT2D eigenvalue weighted by Gasteiger charge is -2.46. The fourth-order valence-corrected chi connectivity index (χ4v) is 7.15. The van der Waals surface area contributed by atoms with Gasteiger partial charge in [0.2, 0.25) is 0 Å². The molecule has 2 N–H and O–H groups in total. The van der Waals surface area contributed by atoms with Crippen LogP contribution in [0.2, 0.25) is 0 Å². The first-order valence-corrected chi connectivity index (χ1v) is 14.4. The van der Waals surface area contributed by atoms with E-state index in [2.05, 4.69) is 20.3 Å². The van der Waals surface area contributed by atoms with Crippen LogP contribution >= 0.6 is 0 Å². The highest BCUT2D eigenvalue weighted by Gasteiger charge is 2.49. The summed E-state index contributed by atoms with van der Waals surface area (Å²) in [6.07, 6.45) is 0.976. The van der Waals surface area contributed by atoms with Gasteiger partial charge in [0.25, 0.3) is 0 Å². The van der Waals surface area contributed by atoms with Gasteiger partial charge in [0.1, 0.15) is 35.5 Å². The normalized spacial score (nSPS) is 30.9. The summed E-state index contributed by atoms with van der Waals surface area (Å²) in [6, 6.07) is 4.57. The second-order valence-electron chi connectivity index (χ2n) is 11.9. The fourth-order valence-electron chi connectivity index (χ4n) is 7.15. The average Bonchev–Trinajstić information content (AvgIpc) is 3.45. The Hall–Kier alpha value is -3.77. The number of nitrogens with zero attached hydrogens (tertiary/aromatic N) is 5. The van der Waals surface area contributed by atoms with Gasteiger partial charge in [-0.1, -0.05) is 6.07 Å². The Morgan fingerprint density at radius 3 is 2.84 bits per heavy atom. The molecule has 2 unspecified atom stereocenters. The molecule has 43 heavy (non-hydrogen) atoms. The monoisotopic (exact) mass is 597 g/mol. The second-order valence-corrected chi connectivity index (χ2v) is 11.9. The minimum Gasteiger partial charge on any atom is -0.508 e. The van der Waals surface area contributed by atoms with E-state index < -0.39 is 42.2 Å². The maximum absolute atomic E-state index is 16.7. The molecule has 5 fully saturated rings. The van der Waals surface area contributed by atoms with Crippen molar-refractivity contribution < 1.29 is 31.5 Å². The van der Waals surface area contributed by atoms with E-state index >= 15 is 8.78 Å². The maximum atomic E-state index is 16.7. The van der Waals surface area contributed by atoms with E-state index in [-0.39, 0.29) is 82.6 Å². The SMILES string of the molecule is [2H]C1([2H])CC[C@@]2(COc3nc(N4CC5CCC4CN5)c4cnc(-c5cc(O)cc6ccc(F)c(F)c56)c(F)c4n3)C[C@@]([2H])(F)CN12. The molecule has 12 heteroatoms. The molecule has 0 saturated carbocycles. The first-order valence-electron chi connectivity index (χ1n) is 15.9. The van der Waals surface area contributed by atoms with Gasteiger partial charge in [-0.3, -0.25) is 9.88 Å². The minimum atomic E-state index is -2.36. The first kappa shape index (κ1) is 23.7. The fraction of sp³-hybridized carbons (Fsp3) is 0.452. The summed E-state index contributed by atoms with van der Waals surface area (Å²) < 4.78 is 91.9. The number of aromatic hydroxyl groups is 1. The number of fused-ring (bicyclic) bond motifs is 6. The number of ether oxygens (including phenoxy) is 1. The molecule has 2 bridgehead atoms. The Morgan fingerprint density at radius 2 is 2.05 bits per heavy atom. The molecule has 0 spiro atoms. The van der Waals surface area contributed by atoms with Crippen molar-refractivity contribution in [3.8, 4) is 23.0 Å². The molecular weight excluding hydrogens is 564 g/mol. The van der Waals surface area contributed by atoms with Crippen molar-refractivity contribution in [1.29, 1.82) is 0 Å². The number of hydrogen-bond donors (Lipinski definition) is 2. The molecule has 8 nitrogen and oxygen atoms in total. The molecule has 7 heterocycles. The number of anilines is 1. The molecule has 0 aliphatic carbocycles. The van der Waals surface area contributed by atoms with Gasteiger partial charge in [0, 0.05) is 58.0 Å². The third-order valence-corrected chi connectivity index (χ3v) is 9.30. The summed E-state index contributed by atoms with van der Waals surface area (Å²) in [4.78, 5) is 16.8. The topological polar surface area (TPSA) is 86.6 Å². The van der Waals surface area contributed by atoms with E-state index in [9.17, 15) is 13.9 Å². The lowest BCUT2D eigenvalue weighted by molar-refractivity contribution is 0.107. The van der Waals surface area contributed by atoms with E-state index in [1.54, 1.807) is 0 Å². The second kappa shape index (κ2) is 9.88. The van der Waals surface area contributed by atoms with E-state index in [0.717, 1.165) is 25.0 Å². The molecule has 5 aliphatic rings. The predicted molar refractivity (Wildman–Crippen MR) is 153 cm³/mol. The number of hydrogen-bond acceptors (Lipinski definition) is 8. The van der Waals surface area contributed by atoms with Crippen LogP contribution in [0.25, 0.3) is 32.9 Å². The largest absolute Gasteiger partial charge is 0.508 e. The summed E-state index contributed by atoms with van der Waals surface area (Å²) in [5.41, 5.74) is -1.85. The van der Waals surface area contributed by atoms with E-state index in [1.165, 1.54) is 23.2 Å². The maximum Gasteiger partial charge on any atom is 0.319 e. The quantitative estimate of drug-likeness (QED) is 0.316. The summed E-state index contributed by atoms with van der Waals surface area (Å²) in [6.45, 7) is -1.18. The summed E-state index contributed by atoms with van der Waals surface area (Å²) >= 11 is 0. The summed E-state index contributed by atoms with van der Waals surface area (Å²) in [5, 5.41) is 14.0. The smallest absolute Gasteiger partial charge is 0.319 e. The predicted octanol–water partition coefficient (Wildman–Crippen LogP) is 4.86. The van der Waals surface area contributed by atoms with Crippen LogP contribution in [-0.4, -0.2) is 81.5 Å². The highest BCUT2D eigenvalue weighted by molar-refractivity contribution is 6.00. The van der Waals surface area contributed by atoms with E-state index in [0.29, 0.717) is 18.9 Å². The van der Waals surface area contributed by atoms with Gasteiger partial charge in [-0.15, -0.1) is 0 Å². The van der Waals surface area contributed by atoms with E-state index in [1.807, 2.05) is 4.90 Å². The number of aromatic nitrogens is 3. The van der Waals surface area contributed by atoms with Crippen LogP contribution in [0.4, 0.5) is 23.4 Å². The number of piperazine rings is 1. The molecule has 9 rings (SSSR count). The van der Waals surface area contributed by atoms with Crippen molar-refractivity contribution in [2.75, 3.05) is 37.6 Å². The van der Waals surface area contributed by atoms with Crippen LogP contribution < -0.4 is 15.0 Å². The van der Waals surface area contributed by atoms with Gasteiger partial charge in [0.15, 0.2) is 17.5 Å². The first-order chi connectivity index (χ1) is 21.8. The zero-order chi connectivity index (χ0) is 32.2. The molecule has 2 aromatic carbocycles. The third-order valence-electron chi connectivity index (χ3n) is 9.30. The third kappa shape index (κ3) is 4.28. The van der Waals surface area contributed by atoms with Crippen LogP contribution in [0.1, 0.15) is 36.2 Å². The number of nitrogens with one attached hydrogen (secondary N) is 1. The van der Waals surface area contributed by atoms with Crippen molar-refractivity contribution in [2.24, 2.45) is 0 Å². The number of alkyl halides is 1. The van der Waals surface area contributed by atoms with Crippen molar-refractivity contribution in [3.05, 3.63) is 47.9 Å².